The minimum atomic E-state index is 0.422. The second-order valence-electron chi connectivity index (χ2n) is 2.42. The van der Waals surface area contributed by atoms with Gasteiger partial charge in [-0.15, -0.1) is 5.10 Å². The Hall–Kier alpha value is -0.940. The summed E-state index contributed by atoms with van der Waals surface area (Å²) in [6.45, 7) is 0.422. The fourth-order valence-electron chi connectivity index (χ4n) is 1.07. The van der Waals surface area contributed by atoms with E-state index < -0.39 is 0 Å². The molecule has 0 bridgehead atoms. The van der Waals surface area contributed by atoms with Gasteiger partial charge in [0.15, 0.2) is 0 Å². The van der Waals surface area contributed by atoms with Crippen LogP contribution in [0.25, 0.3) is 5.52 Å². The van der Waals surface area contributed by atoms with E-state index in [0.717, 1.165) is 15.7 Å². The fraction of sp³-hybridized carbons (Fsp3) is 0.143. The zero-order valence-electron chi connectivity index (χ0n) is 6.24. The Morgan fingerprint density at radius 3 is 3.08 bits per heavy atom. The molecule has 4 nitrogen and oxygen atoms in total. The van der Waals surface area contributed by atoms with Crippen molar-refractivity contribution in [2.45, 2.75) is 6.54 Å². The summed E-state index contributed by atoms with van der Waals surface area (Å²) in [5, 5.41) is 7.83. The molecular formula is C7H7BrN4. The maximum atomic E-state index is 5.47. The lowest BCUT2D eigenvalue weighted by atomic mass is 10.3. The van der Waals surface area contributed by atoms with Crippen LogP contribution in [0.3, 0.4) is 0 Å². The molecule has 2 aromatic rings. The third-order valence-corrected chi connectivity index (χ3v) is 2.11. The van der Waals surface area contributed by atoms with Gasteiger partial charge in [-0.25, -0.2) is 4.52 Å². The molecular weight excluding hydrogens is 220 g/mol. The van der Waals surface area contributed by atoms with E-state index in [2.05, 4.69) is 26.2 Å². The molecule has 0 saturated carbocycles. The van der Waals surface area contributed by atoms with Gasteiger partial charge in [0.25, 0.3) is 0 Å². The molecule has 2 N–H and O–H groups in total. The first kappa shape index (κ1) is 7.70. The Bertz CT molecular complexity index is 409. The van der Waals surface area contributed by atoms with Crippen molar-refractivity contribution >= 4 is 21.4 Å². The molecule has 0 aliphatic carbocycles. The van der Waals surface area contributed by atoms with Crippen molar-refractivity contribution in [1.82, 2.24) is 14.8 Å². The summed E-state index contributed by atoms with van der Waals surface area (Å²) in [6, 6.07) is 3.88. The van der Waals surface area contributed by atoms with Crippen molar-refractivity contribution in [3.8, 4) is 0 Å². The van der Waals surface area contributed by atoms with Crippen LogP contribution in [0.2, 0.25) is 0 Å². The first-order chi connectivity index (χ1) is 5.81. The molecule has 0 aliphatic heterocycles. The fourth-order valence-corrected chi connectivity index (χ4v) is 1.39. The van der Waals surface area contributed by atoms with Crippen LogP contribution < -0.4 is 5.73 Å². The normalized spacial score (nSPS) is 10.8. The molecule has 2 aromatic heterocycles. The van der Waals surface area contributed by atoms with E-state index in [1.165, 1.54) is 0 Å². The standard InChI is InChI=1S/C7H7BrN4/c8-5-1-2-7-6(3-9)10-11-12(7)4-5/h1-2,4H,3,9H2. The third-order valence-electron chi connectivity index (χ3n) is 1.64. The van der Waals surface area contributed by atoms with E-state index in [9.17, 15) is 0 Å². The molecule has 62 valence electrons. The van der Waals surface area contributed by atoms with Gasteiger partial charge in [-0.1, -0.05) is 5.21 Å². The average molecular weight is 227 g/mol. The minimum Gasteiger partial charge on any atom is -0.325 e. The topological polar surface area (TPSA) is 56.2 Å². The van der Waals surface area contributed by atoms with Gasteiger partial charge in [0.05, 0.1) is 5.52 Å². The highest BCUT2D eigenvalue weighted by atomic mass is 79.9. The van der Waals surface area contributed by atoms with E-state index in [1.807, 2.05) is 18.3 Å². The highest BCUT2D eigenvalue weighted by Crippen LogP contribution is 2.12. The number of fused-ring (bicyclic) bond motifs is 1. The van der Waals surface area contributed by atoms with Gasteiger partial charge < -0.3 is 5.73 Å². The largest absolute Gasteiger partial charge is 0.325 e. The molecule has 2 heterocycles. The second-order valence-corrected chi connectivity index (χ2v) is 3.33. The lowest BCUT2D eigenvalue weighted by Crippen LogP contribution is -1.96. The number of nitrogens with two attached hydrogens (primary N) is 1. The zero-order chi connectivity index (χ0) is 8.55. The lowest BCUT2D eigenvalue weighted by Gasteiger charge is -1.93. The van der Waals surface area contributed by atoms with Crippen molar-refractivity contribution in [3.05, 3.63) is 28.5 Å². The lowest BCUT2D eigenvalue weighted by molar-refractivity contribution is 0.835. The average Bonchev–Trinajstić information content (AvgIpc) is 2.46. The second kappa shape index (κ2) is 2.84. The maximum Gasteiger partial charge on any atom is 0.104 e. The van der Waals surface area contributed by atoms with Gasteiger partial charge in [0.1, 0.15) is 5.69 Å². The summed E-state index contributed by atoms with van der Waals surface area (Å²) in [4.78, 5) is 0. The number of pyridine rings is 1. The molecule has 0 aliphatic rings. The van der Waals surface area contributed by atoms with Crippen LogP contribution in [0.1, 0.15) is 5.69 Å². The molecule has 12 heavy (non-hydrogen) atoms. The van der Waals surface area contributed by atoms with E-state index in [-0.39, 0.29) is 0 Å². The molecule has 5 heteroatoms. The molecule has 2 rings (SSSR count). The Kier molecular flexibility index (Phi) is 1.82. The molecule has 0 atom stereocenters. The van der Waals surface area contributed by atoms with Gasteiger partial charge in [0, 0.05) is 17.2 Å². The monoisotopic (exact) mass is 226 g/mol. The summed E-state index contributed by atoms with van der Waals surface area (Å²) in [6.07, 6.45) is 1.85. The van der Waals surface area contributed by atoms with Crippen LogP contribution in [-0.4, -0.2) is 14.8 Å². The van der Waals surface area contributed by atoms with E-state index in [4.69, 9.17) is 5.73 Å². The molecule has 0 spiro atoms. The summed E-state index contributed by atoms with van der Waals surface area (Å²) < 4.78 is 2.68. The highest BCUT2D eigenvalue weighted by molar-refractivity contribution is 9.10. The van der Waals surface area contributed by atoms with Crippen LogP contribution >= 0.6 is 15.9 Å². The first-order valence-corrected chi connectivity index (χ1v) is 4.30. The van der Waals surface area contributed by atoms with Crippen LogP contribution in [0, 0.1) is 0 Å². The van der Waals surface area contributed by atoms with Crippen LogP contribution in [0.15, 0.2) is 22.8 Å². The predicted octanol–water partition coefficient (Wildman–Crippen LogP) is 0.950. The van der Waals surface area contributed by atoms with Crippen LogP contribution in [-0.2, 0) is 6.54 Å². The van der Waals surface area contributed by atoms with Crippen LogP contribution in [0.5, 0.6) is 0 Å². The summed E-state index contributed by atoms with van der Waals surface area (Å²) in [7, 11) is 0. The summed E-state index contributed by atoms with van der Waals surface area (Å²) in [5.74, 6) is 0. The zero-order valence-corrected chi connectivity index (χ0v) is 7.82. The first-order valence-electron chi connectivity index (χ1n) is 3.51. The number of aromatic nitrogens is 3. The molecule has 0 fully saturated rings. The molecule has 0 amide bonds. The van der Waals surface area contributed by atoms with Gasteiger partial charge in [-0.05, 0) is 28.1 Å². The Morgan fingerprint density at radius 1 is 1.50 bits per heavy atom. The molecule has 0 radical (unpaired) electrons. The van der Waals surface area contributed by atoms with Crippen molar-refractivity contribution in [2.24, 2.45) is 5.73 Å². The molecule has 0 unspecified atom stereocenters. The number of halogens is 1. The summed E-state index contributed by atoms with van der Waals surface area (Å²) >= 11 is 3.34. The quantitative estimate of drug-likeness (QED) is 0.788. The summed E-state index contributed by atoms with van der Waals surface area (Å²) in [5.41, 5.74) is 7.25. The SMILES string of the molecule is NCc1nnn2cc(Br)ccc12. The number of hydrogen-bond donors (Lipinski definition) is 1. The minimum absolute atomic E-state index is 0.422. The Morgan fingerprint density at radius 2 is 2.33 bits per heavy atom. The highest BCUT2D eigenvalue weighted by Gasteiger charge is 2.02. The molecule has 0 aromatic carbocycles. The maximum absolute atomic E-state index is 5.47. The van der Waals surface area contributed by atoms with Gasteiger partial charge in [0.2, 0.25) is 0 Å². The predicted molar refractivity (Wildman–Crippen MR) is 48.6 cm³/mol. The van der Waals surface area contributed by atoms with Gasteiger partial charge in [-0.2, -0.15) is 0 Å². The van der Waals surface area contributed by atoms with E-state index in [0.29, 0.717) is 6.54 Å². The van der Waals surface area contributed by atoms with Gasteiger partial charge >= 0.3 is 0 Å². The third kappa shape index (κ3) is 1.11. The van der Waals surface area contributed by atoms with Gasteiger partial charge in [-0.3, -0.25) is 0 Å². The van der Waals surface area contributed by atoms with E-state index in [1.54, 1.807) is 4.52 Å². The van der Waals surface area contributed by atoms with Crippen molar-refractivity contribution in [2.75, 3.05) is 0 Å². The molecule has 0 saturated heterocycles. The number of rotatable bonds is 1. The van der Waals surface area contributed by atoms with Crippen molar-refractivity contribution in [3.63, 3.8) is 0 Å². The smallest absolute Gasteiger partial charge is 0.104 e. The van der Waals surface area contributed by atoms with E-state index >= 15 is 0 Å². The van der Waals surface area contributed by atoms with Crippen LogP contribution in [0.4, 0.5) is 0 Å². The Balaban J connectivity index is 2.73. The number of nitrogens with zero attached hydrogens (tertiary/aromatic N) is 3. The Labute approximate surface area is 77.5 Å². The van der Waals surface area contributed by atoms with Crippen molar-refractivity contribution < 1.29 is 0 Å². The van der Waals surface area contributed by atoms with Crippen molar-refractivity contribution in [1.29, 1.82) is 0 Å². The number of hydrogen-bond acceptors (Lipinski definition) is 3.